The standard InChI is InChI=1S/C18H31O2PS2/c1-2-3-4-5-6-7-8-9-10-14-17-20-21(19,22)23-18-15-12-11-13-16-18/h11-13,15-16H,2-10,14,17H2,1H3,(H,19,22). The fourth-order valence-electron chi connectivity index (χ4n) is 2.41. The van der Waals surface area contributed by atoms with Crippen LogP contribution in [-0.4, -0.2) is 11.5 Å². The van der Waals surface area contributed by atoms with Gasteiger partial charge in [-0.25, -0.2) is 0 Å². The average Bonchev–Trinajstić information content (AvgIpc) is 2.53. The predicted octanol–water partition coefficient (Wildman–Crippen LogP) is 6.93. The molecule has 132 valence electrons. The maximum atomic E-state index is 10.2. The van der Waals surface area contributed by atoms with Gasteiger partial charge in [-0.05, 0) is 41.7 Å². The highest BCUT2D eigenvalue weighted by Gasteiger charge is 2.15. The van der Waals surface area contributed by atoms with Crippen LogP contribution in [0.25, 0.3) is 0 Å². The van der Waals surface area contributed by atoms with Gasteiger partial charge in [0.25, 0.3) is 0 Å². The molecule has 1 aromatic rings. The Hall–Kier alpha value is 0.140. The van der Waals surface area contributed by atoms with Crippen molar-refractivity contribution < 1.29 is 9.42 Å². The molecule has 0 fully saturated rings. The SMILES string of the molecule is CCCCCCCCCCCCOP(O)(=S)Sc1ccccc1. The summed E-state index contributed by atoms with van der Waals surface area (Å²) in [6.07, 6.45) is 12.9. The zero-order valence-corrected chi connectivity index (χ0v) is 16.8. The quantitative estimate of drug-likeness (QED) is 0.282. The summed E-state index contributed by atoms with van der Waals surface area (Å²) in [5.74, 6) is 0. The first-order valence-electron chi connectivity index (χ1n) is 8.86. The van der Waals surface area contributed by atoms with Gasteiger partial charge in [-0.15, -0.1) is 0 Å². The van der Waals surface area contributed by atoms with Gasteiger partial charge in [0, 0.05) is 4.90 Å². The van der Waals surface area contributed by atoms with Gasteiger partial charge in [-0.3, -0.25) is 0 Å². The molecule has 1 rings (SSSR count). The van der Waals surface area contributed by atoms with Crippen LogP contribution in [0.5, 0.6) is 0 Å². The van der Waals surface area contributed by atoms with E-state index in [1.165, 1.54) is 69.2 Å². The molecule has 1 unspecified atom stereocenters. The molecule has 0 aliphatic heterocycles. The molecule has 0 heterocycles. The zero-order valence-electron chi connectivity index (χ0n) is 14.3. The monoisotopic (exact) mass is 374 g/mol. The minimum atomic E-state index is -2.74. The van der Waals surface area contributed by atoms with Gasteiger partial charge in [0.2, 0.25) is 5.69 Å². The van der Waals surface area contributed by atoms with Crippen LogP contribution in [0.4, 0.5) is 0 Å². The summed E-state index contributed by atoms with van der Waals surface area (Å²) >= 11 is 6.49. The second-order valence-electron chi connectivity index (χ2n) is 5.89. The first-order chi connectivity index (χ1) is 11.1. The third-order valence-electron chi connectivity index (χ3n) is 3.72. The van der Waals surface area contributed by atoms with Crippen LogP contribution in [0.15, 0.2) is 35.2 Å². The Morgan fingerprint density at radius 1 is 0.913 bits per heavy atom. The molecular weight excluding hydrogens is 343 g/mol. The fraction of sp³-hybridized carbons (Fsp3) is 0.667. The second-order valence-corrected chi connectivity index (χ2v) is 11.9. The minimum Gasteiger partial charge on any atom is -0.337 e. The van der Waals surface area contributed by atoms with E-state index >= 15 is 0 Å². The fourth-order valence-corrected chi connectivity index (χ4v) is 5.91. The van der Waals surface area contributed by atoms with Crippen LogP contribution in [0.2, 0.25) is 0 Å². The van der Waals surface area contributed by atoms with E-state index in [-0.39, 0.29) is 0 Å². The van der Waals surface area contributed by atoms with E-state index in [0.29, 0.717) is 6.61 Å². The first-order valence-corrected chi connectivity index (χ1v) is 13.0. The molecule has 0 aromatic heterocycles. The summed E-state index contributed by atoms with van der Waals surface area (Å²) in [7, 11) is 0. The molecule has 1 aromatic carbocycles. The molecule has 2 nitrogen and oxygen atoms in total. The van der Waals surface area contributed by atoms with Crippen LogP contribution in [0, 0.1) is 0 Å². The van der Waals surface area contributed by atoms with Crippen molar-refractivity contribution in [3.05, 3.63) is 30.3 Å². The molecular formula is C18H31O2PS2. The van der Waals surface area contributed by atoms with Crippen LogP contribution in [0.1, 0.15) is 71.1 Å². The lowest BCUT2D eigenvalue weighted by Gasteiger charge is -2.14. The second kappa shape index (κ2) is 13.4. The van der Waals surface area contributed by atoms with Crippen molar-refractivity contribution in [2.45, 2.75) is 76.0 Å². The summed E-state index contributed by atoms with van der Waals surface area (Å²) in [6, 6.07) is 9.74. The molecule has 0 saturated carbocycles. The maximum absolute atomic E-state index is 10.2. The highest BCUT2D eigenvalue weighted by atomic mass is 32.9. The molecule has 0 radical (unpaired) electrons. The van der Waals surface area contributed by atoms with E-state index < -0.39 is 5.69 Å². The Kier molecular flexibility index (Phi) is 12.4. The summed E-state index contributed by atoms with van der Waals surface area (Å²) in [6.45, 7) is 2.83. The van der Waals surface area contributed by atoms with Crippen molar-refractivity contribution in [1.29, 1.82) is 0 Å². The Morgan fingerprint density at radius 3 is 2.00 bits per heavy atom. The molecule has 0 bridgehead atoms. The van der Waals surface area contributed by atoms with E-state index in [2.05, 4.69) is 6.92 Å². The van der Waals surface area contributed by atoms with Gasteiger partial charge in [-0.2, -0.15) is 0 Å². The topological polar surface area (TPSA) is 29.5 Å². The average molecular weight is 375 g/mol. The molecule has 0 spiro atoms. The summed E-state index contributed by atoms with van der Waals surface area (Å²) in [4.78, 5) is 11.2. The molecule has 5 heteroatoms. The number of hydrogen-bond acceptors (Lipinski definition) is 3. The highest BCUT2D eigenvalue weighted by molar-refractivity contribution is 8.67. The van der Waals surface area contributed by atoms with Crippen molar-refractivity contribution in [3.8, 4) is 0 Å². The summed E-state index contributed by atoms with van der Waals surface area (Å²) in [5, 5.41) is 0. The van der Waals surface area contributed by atoms with Gasteiger partial charge >= 0.3 is 0 Å². The van der Waals surface area contributed by atoms with Crippen molar-refractivity contribution >= 4 is 28.9 Å². The predicted molar refractivity (Wildman–Crippen MR) is 107 cm³/mol. The zero-order chi connectivity index (χ0) is 16.8. The Labute approximate surface area is 151 Å². The smallest absolute Gasteiger partial charge is 0.249 e. The lowest BCUT2D eigenvalue weighted by Crippen LogP contribution is -1.91. The van der Waals surface area contributed by atoms with Gasteiger partial charge in [-0.1, -0.05) is 82.9 Å². The van der Waals surface area contributed by atoms with E-state index in [1.807, 2.05) is 30.3 Å². The molecule has 0 aliphatic rings. The number of hydrogen-bond donors (Lipinski definition) is 1. The Balaban J connectivity index is 1.96. The van der Waals surface area contributed by atoms with Gasteiger partial charge in [0.15, 0.2) is 0 Å². The Morgan fingerprint density at radius 2 is 1.43 bits per heavy atom. The van der Waals surface area contributed by atoms with E-state index in [1.54, 1.807) is 0 Å². The van der Waals surface area contributed by atoms with Crippen LogP contribution in [-0.2, 0) is 16.3 Å². The maximum Gasteiger partial charge on any atom is 0.249 e. The van der Waals surface area contributed by atoms with Gasteiger partial charge < -0.3 is 9.42 Å². The van der Waals surface area contributed by atoms with Crippen LogP contribution >= 0.6 is 17.1 Å². The number of benzene rings is 1. The summed E-state index contributed by atoms with van der Waals surface area (Å²) < 4.78 is 5.55. The van der Waals surface area contributed by atoms with Gasteiger partial charge in [0.05, 0.1) is 6.61 Å². The minimum absolute atomic E-state index is 0.574. The highest BCUT2D eigenvalue weighted by Crippen LogP contribution is 2.59. The molecule has 23 heavy (non-hydrogen) atoms. The summed E-state index contributed by atoms with van der Waals surface area (Å²) in [5.41, 5.74) is -2.74. The lowest BCUT2D eigenvalue weighted by atomic mass is 10.1. The lowest BCUT2D eigenvalue weighted by molar-refractivity contribution is 0.307. The van der Waals surface area contributed by atoms with Crippen molar-refractivity contribution in [2.75, 3.05) is 6.61 Å². The molecule has 1 atom stereocenters. The van der Waals surface area contributed by atoms with Crippen molar-refractivity contribution in [2.24, 2.45) is 0 Å². The van der Waals surface area contributed by atoms with E-state index in [9.17, 15) is 4.89 Å². The Bertz CT molecular complexity index is 440. The van der Waals surface area contributed by atoms with E-state index in [0.717, 1.165) is 11.3 Å². The van der Waals surface area contributed by atoms with E-state index in [4.69, 9.17) is 16.3 Å². The normalized spacial score (nSPS) is 13.8. The van der Waals surface area contributed by atoms with Crippen molar-refractivity contribution in [3.63, 3.8) is 0 Å². The third-order valence-corrected chi connectivity index (χ3v) is 7.57. The molecule has 0 amide bonds. The third kappa shape index (κ3) is 12.2. The van der Waals surface area contributed by atoms with Crippen LogP contribution < -0.4 is 0 Å². The van der Waals surface area contributed by atoms with Crippen LogP contribution in [0.3, 0.4) is 0 Å². The molecule has 1 N–H and O–H groups in total. The molecule has 0 saturated heterocycles. The first kappa shape index (κ1) is 21.2. The van der Waals surface area contributed by atoms with Crippen molar-refractivity contribution in [1.82, 2.24) is 0 Å². The van der Waals surface area contributed by atoms with Gasteiger partial charge in [0.1, 0.15) is 0 Å². The number of unbranched alkanes of at least 4 members (excludes halogenated alkanes) is 9. The molecule has 0 aliphatic carbocycles. The number of rotatable bonds is 14. The largest absolute Gasteiger partial charge is 0.337 e.